The summed E-state index contributed by atoms with van der Waals surface area (Å²) in [4.78, 5) is 0. The molecule has 0 radical (unpaired) electrons. The van der Waals surface area contributed by atoms with Crippen LogP contribution in [0.4, 0.5) is 0 Å². The third-order valence-corrected chi connectivity index (χ3v) is 19.3. The van der Waals surface area contributed by atoms with Crippen LogP contribution in [0.3, 0.4) is 0 Å². The molecule has 0 fully saturated rings. The number of unbranched alkanes of at least 4 members (excludes halogenated alkanes) is 10. The van der Waals surface area contributed by atoms with Gasteiger partial charge >= 0.3 is 164 Å². The van der Waals surface area contributed by atoms with Gasteiger partial charge in [0, 0.05) is 0 Å². The molecule has 1 heteroatoms. The molecule has 28 heavy (non-hydrogen) atoms. The van der Waals surface area contributed by atoms with Gasteiger partial charge in [-0.25, -0.2) is 0 Å². The van der Waals surface area contributed by atoms with E-state index in [1.807, 2.05) is 0 Å². The Labute approximate surface area is 184 Å². The average molecular weight is 497 g/mol. The first-order valence-corrected chi connectivity index (χ1v) is 20.4. The van der Waals surface area contributed by atoms with Crippen molar-refractivity contribution in [2.45, 2.75) is 151 Å². The normalized spacial score (nSPS) is 12.1. The Morgan fingerprint density at radius 3 is 1.43 bits per heavy atom. The van der Waals surface area contributed by atoms with Crippen LogP contribution in [0.5, 0.6) is 0 Å². The molecule has 166 valence electrons. The first kappa shape index (κ1) is 28.4. The van der Waals surface area contributed by atoms with Gasteiger partial charge in [-0.1, -0.05) is 20.8 Å². The van der Waals surface area contributed by atoms with Crippen molar-refractivity contribution in [3.05, 3.63) is 0 Å². The number of hydrogen-bond donors (Lipinski definition) is 0. The molecule has 0 atom stereocenters. The standard InChI is InChI=1S/C15H27.3C4H9.Sn/c1-5-6-7-8-9-10-11-12-13-14-15(2,3)4;3*1-3-4-2;/h6-14H2,2-4H3;3*1,3-4H2,2H3;. The van der Waals surface area contributed by atoms with E-state index in [0.29, 0.717) is 5.41 Å². The summed E-state index contributed by atoms with van der Waals surface area (Å²) < 4.78 is 8.63. The fourth-order valence-electron chi connectivity index (χ4n) is 4.11. The molecule has 0 aliphatic rings. The molecule has 0 aromatic carbocycles. The predicted molar refractivity (Wildman–Crippen MR) is 134 cm³/mol. The van der Waals surface area contributed by atoms with Gasteiger partial charge in [0.1, 0.15) is 0 Å². The zero-order chi connectivity index (χ0) is 21.1. The van der Waals surface area contributed by atoms with E-state index in [2.05, 4.69) is 51.4 Å². The molecule has 0 heterocycles. The van der Waals surface area contributed by atoms with Gasteiger partial charge in [-0.2, -0.15) is 0 Å². The van der Waals surface area contributed by atoms with Crippen molar-refractivity contribution in [3.63, 3.8) is 0 Å². The minimum absolute atomic E-state index is 0.518. The second-order valence-electron chi connectivity index (χ2n) is 10.4. The predicted octanol–water partition coefficient (Wildman–Crippen LogP) is 9.94. The Bertz CT molecular complexity index is 371. The topological polar surface area (TPSA) is 0 Å². The monoisotopic (exact) mass is 498 g/mol. The van der Waals surface area contributed by atoms with Crippen LogP contribution in [0.15, 0.2) is 0 Å². The van der Waals surface area contributed by atoms with Gasteiger partial charge in [0.15, 0.2) is 0 Å². The third-order valence-electron chi connectivity index (χ3n) is 6.11. The van der Waals surface area contributed by atoms with Crippen molar-refractivity contribution in [3.8, 4) is 9.86 Å². The van der Waals surface area contributed by atoms with Crippen LogP contribution >= 0.6 is 0 Å². The molecular weight excluding hydrogens is 443 g/mol. The van der Waals surface area contributed by atoms with Gasteiger partial charge in [0.2, 0.25) is 0 Å². The second kappa shape index (κ2) is 18.2. The van der Waals surface area contributed by atoms with E-state index in [4.69, 9.17) is 0 Å². The van der Waals surface area contributed by atoms with Gasteiger partial charge in [0.05, 0.1) is 0 Å². The summed E-state index contributed by atoms with van der Waals surface area (Å²) in [5, 5.41) is 0. The van der Waals surface area contributed by atoms with Crippen LogP contribution in [-0.2, 0) is 0 Å². The van der Waals surface area contributed by atoms with E-state index in [-0.39, 0.29) is 0 Å². The zero-order valence-corrected chi connectivity index (χ0v) is 23.6. The van der Waals surface area contributed by atoms with Crippen molar-refractivity contribution >= 4 is 18.4 Å². The Hall–Kier alpha value is 0.359. The summed E-state index contributed by atoms with van der Waals surface area (Å²) in [5.74, 6) is 3.72. The van der Waals surface area contributed by atoms with Crippen molar-refractivity contribution in [2.75, 3.05) is 0 Å². The van der Waals surface area contributed by atoms with Crippen LogP contribution in [0, 0.1) is 15.3 Å². The SMILES string of the molecule is CCC[CH2][Sn]([C]#CCCCCCCCCCC(C)(C)C)([CH2]CCC)[CH2]CCC. The summed E-state index contributed by atoms with van der Waals surface area (Å²) in [7, 11) is 0. The zero-order valence-electron chi connectivity index (χ0n) is 20.7. The fraction of sp³-hybridized carbons (Fsp3) is 0.926. The summed E-state index contributed by atoms with van der Waals surface area (Å²) in [6.07, 6.45) is 20.8. The fourth-order valence-corrected chi connectivity index (χ4v) is 17.6. The van der Waals surface area contributed by atoms with Crippen molar-refractivity contribution in [1.29, 1.82) is 0 Å². The first-order valence-electron chi connectivity index (χ1n) is 12.9. The molecule has 0 amide bonds. The molecule has 0 aromatic heterocycles. The number of rotatable bonds is 17. The van der Waals surface area contributed by atoms with Crippen molar-refractivity contribution in [1.82, 2.24) is 0 Å². The van der Waals surface area contributed by atoms with Crippen LogP contribution in [-0.4, -0.2) is 18.4 Å². The van der Waals surface area contributed by atoms with E-state index in [1.54, 1.807) is 0 Å². The molecule has 0 spiro atoms. The molecule has 0 unspecified atom stereocenters. The second-order valence-corrected chi connectivity index (χ2v) is 22.7. The molecule has 0 N–H and O–H groups in total. The molecular formula is C27H54Sn. The van der Waals surface area contributed by atoms with Crippen molar-refractivity contribution in [2.24, 2.45) is 5.41 Å². The molecule has 0 rings (SSSR count). The van der Waals surface area contributed by atoms with Crippen LogP contribution in [0.25, 0.3) is 0 Å². The Kier molecular flexibility index (Phi) is 18.4. The van der Waals surface area contributed by atoms with Crippen LogP contribution in [0.1, 0.15) is 138 Å². The average Bonchev–Trinajstić information content (AvgIpc) is 2.66. The molecule has 0 saturated carbocycles. The molecule has 0 aliphatic heterocycles. The van der Waals surface area contributed by atoms with Crippen LogP contribution in [0.2, 0.25) is 13.3 Å². The summed E-state index contributed by atoms with van der Waals surface area (Å²) in [5.41, 5.74) is 0.518. The summed E-state index contributed by atoms with van der Waals surface area (Å²) in [6, 6.07) is 0. The first-order chi connectivity index (χ1) is 13.4. The maximum absolute atomic E-state index is 4.03. The van der Waals surface area contributed by atoms with Crippen LogP contribution < -0.4 is 0 Å². The van der Waals surface area contributed by atoms with Gasteiger partial charge in [0.25, 0.3) is 0 Å². The Morgan fingerprint density at radius 1 is 0.571 bits per heavy atom. The molecule has 0 aromatic rings. The molecule has 0 bridgehead atoms. The van der Waals surface area contributed by atoms with E-state index in [9.17, 15) is 0 Å². The van der Waals surface area contributed by atoms with Gasteiger partial charge in [-0.15, -0.1) is 0 Å². The molecule has 0 aliphatic carbocycles. The van der Waals surface area contributed by atoms with E-state index < -0.39 is 18.4 Å². The van der Waals surface area contributed by atoms with Crippen molar-refractivity contribution < 1.29 is 0 Å². The third kappa shape index (κ3) is 17.2. The maximum atomic E-state index is 4.03. The van der Waals surface area contributed by atoms with E-state index in [0.717, 1.165) is 0 Å². The van der Waals surface area contributed by atoms with E-state index in [1.165, 1.54) is 110 Å². The minimum atomic E-state index is -2.17. The van der Waals surface area contributed by atoms with Gasteiger partial charge in [-0.3, -0.25) is 0 Å². The Balaban J connectivity index is 4.14. The van der Waals surface area contributed by atoms with Gasteiger partial charge in [-0.05, 0) is 0 Å². The quantitative estimate of drug-likeness (QED) is 0.107. The van der Waals surface area contributed by atoms with E-state index >= 15 is 0 Å². The summed E-state index contributed by atoms with van der Waals surface area (Å²) >= 11 is -2.17. The van der Waals surface area contributed by atoms with Gasteiger partial charge < -0.3 is 0 Å². The molecule has 0 nitrogen and oxygen atoms in total. The summed E-state index contributed by atoms with van der Waals surface area (Å²) in [6.45, 7) is 14.1. The Morgan fingerprint density at radius 2 is 1.00 bits per heavy atom. The molecule has 0 saturated heterocycles. The number of hydrogen-bond acceptors (Lipinski definition) is 0.